The molecule has 0 saturated heterocycles. The molecule has 1 saturated carbocycles. The summed E-state index contributed by atoms with van der Waals surface area (Å²) in [7, 11) is 0. The van der Waals surface area contributed by atoms with Crippen LogP contribution in [0.5, 0.6) is 0 Å². The van der Waals surface area contributed by atoms with Crippen molar-refractivity contribution in [1.82, 2.24) is 5.32 Å². The van der Waals surface area contributed by atoms with Crippen LogP contribution in [0.3, 0.4) is 0 Å². The Morgan fingerprint density at radius 1 is 1.11 bits per heavy atom. The van der Waals surface area contributed by atoms with Crippen LogP contribution in [0.2, 0.25) is 0 Å². The van der Waals surface area contributed by atoms with Crippen molar-refractivity contribution in [2.24, 2.45) is 17.6 Å². The van der Waals surface area contributed by atoms with Gasteiger partial charge in [0.05, 0.1) is 23.7 Å². The maximum atomic E-state index is 12.6. The van der Waals surface area contributed by atoms with Gasteiger partial charge < -0.3 is 21.3 Å². The van der Waals surface area contributed by atoms with Gasteiger partial charge in [0.1, 0.15) is 5.78 Å². The highest BCUT2D eigenvalue weighted by Gasteiger charge is 2.35. The highest BCUT2D eigenvalue weighted by molar-refractivity contribution is 5.93. The Balaban J connectivity index is 2.73. The van der Waals surface area contributed by atoms with Crippen LogP contribution >= 0.6 is 0 Å². The summed E-state index contributed by atoms with van der Waals surface area (Å²) in [6, 6.07) is -0.721. The van der Waals surface area contributed by atoms with E-state index in [2.05, 4.69) is 5.32 Å². The lowest BCUT2D eigenvalue weighted by Gasteiger charge is -2.32. The lowest BCUT2D eigenvalue weighted by molar-refractivity contribution is -0.137. The number of nitrogens with one attached hydrogen (secondary N) is 1. The number of amides is 1. The molecule has 0 radical (unpaired) electrons. The van der Waals surface area contributed by atoms with Gasteiger partial charge in [0, 0.05) is 18.8 Å². The minimum absolute atomic E-state index is 0.000648. The highest BCUT2D eigenvalue weighted by atomic mass is 16.3. The van der Waals surface area contributed by atoms with Gasteiger partial charge in [0.2, 0.25) is 5.91 Å². The van der Waals surface area contributed by atoms with Gasteiger partial charge in [0.25, 0.3) is 0 Å². The number of ketones is 2. The second-order valence-corrected chi connectivity index (χ2v) is 8.25. The maximum absolute atomic E-state index is 12.6. The number of nitrogens with two attached hydrogens (primary N) is 1. The van der Waals surface area contributed by atoms with Gasteiger partial charge in [0.15, 0.2) is 5.78 Å². The third-order valence-corrected chi connectivity index (χ3v) is 5.36. The van der Waals surface area contributed by atoms with E-state index < -0.39 is 29.6 Å². The van der Waals surface area contributed by atoms with Gasteiger partial charge in [-0.25, -0.2) is 0 Å². The third kappa shape index (κ3) is 7.68. The van der Waals surface area contributed by atoms with E-state index in [0.717, 1.165) is 19.3 Å². The Kier molecular flexibility index (Phi) is 9.56. The van der Waals surface area contributed by atoms with Crippen LogP contribution in [-0.2, 0) is 14.4 Å². The lowest BCUT2D eigenvalue weighted by atomic mass is 9.80. The Bertz CT molecular complexity index is 513. The Labute approximate surface area is 162 Å². The van der Waals surface area contributed by atoms with Crippen molar-refractivity contribution >= 4 is 17.5 Å². The molecule has 1 aliphatic rings. The molecule has 1 fully saturated rings. The van der Waals surface area contributed by atoms with Crippen molar-refractivity contribution in [3.63, 3.8) is 0 Å². The van der Waals surface area contributed by atoms with E-state index in [1.165, 1.54) is 6.92 Å². The summed E-state index contributed by atoms with van der Waals surface area (Å²) in [5.41, 5.74) is 4.55. The molecule has 0 heterocycles. The average molecular weight is 385 g/mol. The number of rotatable bonds is 11. The lowest BCUT2D eigenvalue weighted by Crippen LogP contribution is -2.48. The summed E-state index contributed by atoms with van der Waals surface area (Å²) in [6.45, 7) is 5.20. The number of aliphatic hydroxyl groups excluding tert-OH is 1. The Morgan fingerprint density at radius 3 is 2.19 bits per heavy atom. The molecule has 0 aliphatic heterocycles. The zero-order valence-corrected chi connectivity index (χ0v) is 16.9. The molecule has 3 atom stereocenters. The predicted octanol–water partition coefficient (Wildman–Crippen LogP) is 1.09. The van der Waals surface area contributed by atoms with Crippen molar-refractivity contribution in [1.29, 1.82) is 0 Å². The first-order valence-electron chi connectivity index (χ1n) is 10.1. The fraction of sp³-hybridized carbons (Fsp3) is 0.850. The number of Topliss-reactive ketones (excluding diaryl/α,β-unsaturated/α-hetero) is 2. The van der Waals surface area contributed by atoms with Gasteiger partial charge in [-0.1, -0.05) is 33.1 Å². The van der Waals surface area contributed by atoms with E-state index in [1.54, 1.807) is 13.8 Å². The zero-order chi connectivity index (χ0) is 20.6. The van der Waals surface area contributed by atoms with Gasteiger partial charge in [-0.05, 0) is 32.7 Å². The molecule has 0 aromatic carbocycles. The summed E-state index contributed by atoms with van der Waals surface area (Å²) in [5.74, 6) is -2.10. The molecule has 27 heavy (non-hydrogen) atoms. The Morgan fingerprint density at radius 2 is 1.70 bits per heavy atom. The van der Waals surface area contributed by atoms with Gasteiger partial charge >= 0.3 is 0 Å². The molecule has 0 spiro atoms. The Hall–Kier alpha value is -1.31. The molecule has 1 unspecified atom stereocenters. The second-order valence-electron chi connectivity index (χ2n) is 8.25. The first kappa shape index (κ1) is 23.7. The molecule has 0 aromatic heterocycles. The van der Waals surface area contributed by atoms with E-state index in [1.807, 2.05) is 0 Å². The van der Waals surface area contributed by atoms with Crippen LogP contribution in [0.25, 0.3) is 0 Å². The van der Waals surface area contributed by atoms with Crippen LogP contribution in [-0.4, -0.2) is 52.0 Å². The molecule has 5 N–H and O–H groups in total. The van der Waals surface area contributed by atoms with E-state index in [-0.39, 0.29) is 36.9 Å². The molecule has 7 heteroatoms. The molecule has 156 valence electrons. The fourth-order valence-corrected chi connectivity index (χ4v) is 3.69. The summed E-state index contributed by atoms with van der Waals surface area (Å²) >= 11 is 0. The number of aliphatic hydroxyl groups is 2. The minimum Gasteiger partial charge on any atom is -0.393 e. The molecule has 7 nitrogen and oxygen atoms in total. The molecule has 0 aromatic rings. The SMILES string of the molecule is CC(C)C(=O)[C@H](CCN)NC(=O)[C@@H](CC(=O)CC1(O)CCCCC1)C(C)O. The summed E-state index contributed by atoms with van der Waals surface area (Å²) in [5, 5.41) is 23.2. The largest absolute Gasteiger partial charge is 0.393 e. The van der Waals surface area contributed by atoms with Crippen molar-refractivity contribution in [3.05, 3.63) is 0 Å². The van der Waals surface area contributed by atoms with Crippen LogP contribution in [0.15, 0.2) is 0 Å². The van der Waals surface area contributed by atoms with Crippen molar-refractivity contribution in [3.8, 4) is 0 Å². The molecule has 1 rings (SSSR count). The van der Waals surface area contributed by atoms with E-state index in [4.69, 9.17) is 5.73 Å². The van der Waals surface area contributed by atoms with Gasteiger partial charge in [-0.2, -0.15) is 0 Å². The maximum Gasteiger partial charge on any atom is 0.226 e. The standard InChI is InChI=1S/C20H36N2O5/c1-13(2)18(25)17(7-10-21)22-19(26)16(14(3)23)11-15(24)12-20(27)8-5-4-6-9-20/h13-14,16-17,23,27H,4-12,21H2,1-3H3,(H,22,26)/t14?,16-,17-/m0/s1. The van der Waals surface area contributed by atoms with Crippen LogP contribution < -0.4 is 11.1 Å². The summed E-state index contributed by atoms with van der Waals surface area (Å²) < 4.78 is 0. The van der Waals surface area contributed by atoms with Crippen molar-refractivity contribution in [2.75, 3.05) is 6.54 Å². The average Bonchev–Trinajstić information content (AvgIpc) is 2.58. The number of hydrogen-bond donors (Lipinski definition) is 4. The highest BCUT2D eigenvalue weighted by Crippen LogP contribution is 2.32. The summed E-state index contributed by atoms with van der Waals surface area (Å²) in [4.78, 5) is 37.3. The molecule has 1 amide bonds. The second kappa shape index (κ2) is 10.9. The molecule has 0 bridgehead atoms. The molecular weight excluding hydrogens is 348 g/mol. The van der Waals surface area contributed by atoms with Gasteiger partial charge in [-0.3, -0.25) is 14.4 Å². The number of carbonyl (C=O) groups is 3. The zero-order valence-electron chi connectivity index (χ0n) is 16.9. The first-order chi connectivity index (χ1) is 12.6. The van der Waals surface area contributed by atoms with Crippen LogP contribution in [0.4, 0.5) is 0 Å². The molecular formula is C20H36N2O5. The smallest absolute Gasteiger partial charge is 0.226 e. The topological polar surface area (TPSA) is 130 Å². The van der Waals surface area contributed by atoms with Crippen molar-refractivity contribution in [2.45, 2.75) is 89.9 Å². The molecule has 1 aliphatic carbocycles. The fourth-order valence-electron chi connectivity index (χ4n) is 3.69. The van der Waals surface area contributed by atoms with Gasteiger partial charge in [-0.15, -0.1) is 0 Å². The summed E-state index contributed by atoms with van der Waals surface area (Å²) in [6.07, 6.45) is 3.13. The normalized spacial score (nSPS) is 20.0. The van der Waals surface area contributed by atoms with Crippen LogP contribution in [0, 0.1) is 11.8 Å². The monoisotopic (exact) mass is 384 g/mol. The third-order valence-electron chi connectivity index (χ3n) is 5.36. The quantitative estimate of drug-likeness (QED) is 0.422. The van der Waals surface area contributed by atoms with E-state index in [0.29, 0.717) is 19.3 Å². The van der Waals surface area contributed by atoms with E-state index in [9.17, 15) is 24.6 Å². The van der Waals surface area contributed by atoms with E-state index >= 15 is 0 Å². The van der Waals surface area contributed by atoms with Crippen molar-refractivity contribution < 1.29 is 24.6 Å². The van der Waals surface area contributed by atoms with Crippen LogP contribution in [0.1, 0.15) is 72.1 Å². The number of hydrogen-bond acceptors (Lipinski definition) is 6. The number of carbonyl (C=O) groups excluding carboxylic acids is 3. The first-order valence-corrected chi connectivity index (χ1v) is 10.1. The minimum atomic E-state index is -1.04. The predicted molar refractivity (Wildman–Crippen MR) is 103 cm³/mol.